The molecule has 0 heterocycles. The topological polar surface area (TPSA) is 66.4 Å². The van der Waals surface area contributed by atoms with Crippen molar-refractivity contribution in [2.45, 2.75) is 32.2 Å². The fraction of sp³-hybridized carbons (Fsp3) is 0.429. The second-order valence-corrected chi connectivity index (χ2v) is 4.84. The number of hydrogen-bond acceptors (Lipinski definition) is 2. The fourth-order valence-electron chi connectivity index (χ4n) is 2.11. The van der Waals surface area contributed by atoms with Crippen molar-refractivity contribution < 1.29 is 14.7 Å². The van der Waals surface area contributed by atoms with E-state index in [1.165, 1.54) is 31.4 Å². The predicted molar refractivity (Wildman–Crippen MR) is 67.7 cm³/mol. The van der Waals surface area contributed by atoms with Crippen LogP contribution in [0.3, 0.4) is 0 Å². The minimum absolute atomic E-state index is 0.133. The summed E-state index contributed by atoms with van der Waals surface area (Å²) in [5.41, 5.74) is 0.699. The molecule has 1 aromatic carbocycles. The number of rotatable bonds is 4. The molecule has 2 rings (SSSR count). The van der Waals surface area contributed by atoms with Crippen LogP contribution in [0, 0.1) is 5.92 Å². The summed E-state index contributed by atoms with van der Waals surface area (Å²) in [7, 11) is 0. The summed E-state index contributed by atoms with van der Waals surface area (Å²) in [6.07, 6.45) is 3.61. The monoisotopic (exact) mass is 247 g/mol. The number of carbonyl (C=O) groups excluding carboxylic acids is 1. The minimum atomic E-state index is -0.982. The van der Waals surface area contributed by atoms with Gasteiger partial charge in [-0.25, -0.2) is 4.79 Å². The van der Waals surface area contributed by atoms with E-state index in [4.69, 9.17) is 5.11 Å². The van der Waals surface area contributed by atoms with Crippen LogP contribution in [0.1, 0.15) is 46.9 Å². The van der Waals surface area contributed by atoms with E-state index in [9.17, 15) is 9.59 Å². The molecule has 1 aliphatic carbocycles. The van der Waals surface area contributed by atoms with E-state index in [2.05, 4.69) is 5.32 Å². The van der Waals surface area contributed by atoms with Crippen LogP contribution in [0.4, 0.5) is 0 Å². The van der Waals surface area contributed by atoms with Crippen LogP contribution in [0.15, 0.2) is 24.3 Å². The maximum Gasteiger partial charge on any atom is 0.335 e. The van der Waals surface area contributed by atoms with Gasteiger partial charge in [0.05, 0.1) is 5.56 Å². The van der Waals surface area contributed by atoms with Crippen LogP contribution in [0.25, 0.3) is 0 Å². The summed E-state index contributed by atoms with van der Waals surface area (Å²) < 4.78 is 0. The maximum absolute atomic E-state index is 11.9. The van der Waals surface area contributed by atoms with Gasteiger partial charge < -0.3 is 10.4 Å². The van der Waals surface area contributed by atoms with Gasteiger partial charge in [-0.3, -0.25) is 4.79 Å². The van der Waals surface area contributed by atoms with Gasteiger partial charge in [0.1, 0.15) is 0 Å². The van der Waals surface area contributed by atoms with Gasteiger partial charge in [-0.15, -0.1) is 0 Å². The van der Waals surface area contributed by atoms with Crippen molar-refractivity contribution >= 4 is 11.9 Å². The summed E-state index contributed by atoms with van der Waals surface area (Å²) >= 11 is 0. The summed E-state index contributed by atoms with van der Waals surface area (Å²) in [6.45, 7) is 2.02. The van der Waals surface area contributed by atoms with Crippen molar-refractivity contribution in [1.82, 2.24) is 5.32 Å². The van der Waals surface area contributed by atoms with Gasteiger partial charge in [0.2, 0.25) is 0 Å². The van der Waals surface area contributed by atoms with Crippen LogP contribution in [-0.4, -0.2) is 23.0 Å². The first kappa shape index (κ1) is 12.6. The molecule has 2 N–H and O–H groups in total. The highest BCUT2D eigenvalue weighted by Crippen LogP contribution is 2.29. The van der Waals surface area contributed by atoms with Crippen LogP contribution in [0.2, 0.25) is 0 Å². The third-order valence-corrected chi connectivity index (χ3v) is 3.61. The number of carbonyl (C=O) groups is 2. The Balaban J connectivity index is 1.97. The third-order valence-electron chi connectivity index (χ3n) is 3.61. The van der Waals surface area contributed by atoms with E-state index < -0.39 is 5.97 Å². The molecular weight excluding hydrogens is 230 g/mol. The lowest BCUT2D eigenvalue weighted by molar-refractivity contribution is 0.0696. The minimum Gasteiger partial charge on any atom is -0.478 e. The first-order chi connectivity index (χ1) is 8.58. The molecular formula is C14H17NO3. The molecule has 1 atom stereocenters. The van der Waals surface area contributed by atoms with Crippen molar-refractivity contribution in [2.75, 3.05) is 0 Å². The molecule has 1 unspecified atom stereocenters. The standard InChI is InChI=1S/C14H17NO3/c1-9(10-3-2-4-10)15-13(16)11-5-7-12(8-6-11)14(17)18/h5-10H,2-4H2,1H3,(H,15,16)(H,17,18). The van der Waals surface area contributed by atoms with Crippen LogP contribution >= 0.6 is 0 Å². The molecule has 0 saturated heterocycles. The molecule has 0 radical (unpaired) electrons. The van der Waals surface area contributed by atoms with Crippen LogP contribution < -0.4 is 5.32 Å². The number of carboxylic acid groups (broad SMARTS) is 1. The highest BCUT2D eigenvalue weighted by atomic mass is 16.4. The summed E-state index contributed by atoms with van der Waals surface area (Å²) in [5, 5.41) is 11.7. The van der Waals surface area contributed by atoms with Crippen molar-refractivity contribution in [3.05, 3.63) is 35.4 Å². The average Bonchev–Trinajstić information content (AvgIpc) is 2.26. The molecule has 0 bridgehead atoms. The lowest BCUT2D eigenvalue weighted by Crippen LogP contribution is -2.40. The quantitative estimate of drug-likeness (QED) is 0.858. The first-order valence-electron chi connectivity index (χ1n) is 6.22. The van der Waals surface area contributed by atoms with Crippen molar-refractivity contribution in [3.8, 4) is 0 Å². The Bertz CT molecular complexity index is 449. The third kappa shape index (κ3) is 2.70. The molecule has 0 aromatic heterocycles. The van der Waals surface area contributed by atoms with Gasteiger partial charge in [0.15, 0.2) is 0 Å². The molecule has 96 valence electrons. The molecule has 4 nitrogen and oxygen atoms in total. The van der Waals surface area contributed by atoms with E-state index in [0.29, 0.717) is 11.5 Å². The van der Waals surface area contributed by atoms with Crippen LogP contribution in [0.5, 0.6) is 0 Å². The Morgan fingerprint density at radius 3 is 2.22 bits per heavy atom. The SMILES string of the molecule is CC(NC(=O)c1ccc(C(=O)O)cc1)C1CCC1. The van der Waals surface area contributed by atoms with Crippen molar-refractivity contribution in [1.29, 1.82) is 0 Å². The van der Waals surface area contributed by atoms with Gasteiger partial charge >= 0.3 is 5.97 Å². The van der Waals surface area contributed by atoms with Crippen LogP contribution in [-0.2, 0) is 0 Å². The van der Waals surface area contributed by atoms with Crippen molar-refractivity contribution in [2.24, 2.45) is 5.92 Å². The van der Waals surface area contributed by atoms with E-state index in [-0.39, 0.29) is 17.5 Å². The van der Waals surface area contributed by atoms with E-state index in [0.717, 1.165) is 0 Å². The number of aromatic carboxylic acids is 1. The normalized spacial score (nSPS) is 16.7. The molecule has 0 spiro atoms. The van der Waals surface area contributed by atoms with Crippen molar-refractivity contribution in [3.63, 3.8) is 0 Å². The largest absolute Gasteiger partial charge is 0.478 e. The fourth-order valence-corrected chi connectivity index (χ4v) is 2.11. The van der Waals surface area contributed by atoms with Gasteiger partial charge in [-0.05, 0) is 49.9 Å². The van der Waals surface area contributed by atoms with Gasteiger partial charge in [-0.1, -0.05) is 6.42 Å². The second kappa shape index (κ2) is 5.21. The Hall–Kier alpha value is -1.84. The highest BCUT2D eigenvalue weighted by Gasteiger charge is 2.25. The second-order valence-electron chi connectivity index (χ2n) is 4.84. The number of amides is 1. The highest BCUT2D eigenvalue weighted by molar-refractivity contribution is 5.96. The van der Waals surface area contributed by atoms with Gasteiger partial charge in [0, 0.05) is 11.6 Å². The zero-order valence-electron chi connectivity index (χ0n) is 10.3. The smallest absolute Gasteiger partial charge is 0.335 e. The zero-order valence-corrected chi connectivity index (χ0v) is 10.3. The Morgan fingerprint density at radius 2 is 1.78 bits per heavy atom. The molecule has 0 aliphatic heterocycles. The number of hydrogen-bond donors (Lipinski definition) is 2. The van der Waals surface area contributed by atoms with E-state index in [1.807, 2.05) is 6.92 Å². The Morgan fingerprint density at radius 1 is 1.22 bits per heavy atom. The zero-order chi connectivity index (χ0) is 13.1. The molecule has 1 fully saturated rings. The Kier molecular flexibility index (Phi) is 3.65. The number of nitrogens with one attached hydrogen (secondary N) is 1. The van der Waals surface area contributed by atoms with E-state index >= 15 is 0 Å². The summed E-state index contributed by atoms with van der Waals surface area (Å²) in [5.74, 6) is -0.525. The lowest BCUT2D eigenvalue weighted by Gasteiger charge is -2.31. The van der Waals surface area contributed by atoms with Gasteiger partial charge in [0.25, 0.3) is 5.91 Å². The predicted octanol–water partition coefficient (Wildman–Crippen LogP) is 2.30. The molecule has 1 saturated carbocycles. The molecule has 18 heavy (non-hydrogen) atoms. The summed E-state index contributed by atoms with van der Waals surface area (Å²) in [6, 6.07) is 6.18. The molecule has 1 amide bonds. The maximum atomic E-state index is 11.9. The summed E-state index contributed by atoms with van der Waals surface area (Å²) in [4.78, 5) is 22.6. The number of benzene rings is 1. The molecule has 1 aliphatic rings. The first-order valence-corrected chi connectivity index (χ1v) is 6.22. The number of carboxylic acids is 1. The Labute approximate surface area is 106 Å². The average molecular weight is 247 g/mol. The van der Waals surface area contributed by atoms with E-state index in [1.54, 1.807) is 12.1 Å². The van der Waals surface area contributed by atoms with Gasteiger partial charge in [-0.2, -0.15) is 0 Å². The molecule has 4 heteroatoms. The lowest BCUT2D eigenvalue weighted by atomic mass is 9.80. The molecule has 1 aromatic rings.